The molecule has 0 saturated heterocycles. The molecule has 8 heteroatoms. The monoisotopic (exact) mass is 300 g/mol. The Balaban J connectivity index is 4.65. The number of hydrogen-bond acceptors (Lipinski definition) is 6. The van der Waals surface area contributed by atoms with E-state index in [9.17, 15) is 8.42 Å². The van der Waals surface area contributed by atoms with Crippen LogP contribution in [0.4, 0.5) is 0 Å². The van der Waals surface area contributed by atoms with Crippen molar-refractivity contribution in [2.24, 2.45) is 0 Å². The second kappa shape index (κ2) is 9.00. The van der Waals surface area contributed by atoms with E-state index < -0.39 is 18.9 Å². The minimum atomic E-state index is -3.53. The van der Waals surface area contributed by atoms with E-state index in [0.29, 0.717) is 19.8 Å². The Labute approximate surface area is 111 Å². The van der Waals surface area contributed by atoms with Crippen molar-refractivity contribution in [2.75, 3.05) is 32.2 Å². The molecule has 0 N–H and O–H groups in total. The first-order valence-corrected chi connectivity index (χ1v) is 9.75. The van der Waals surface area contributed by atoms with Crippen LogP contribution in [0.15, 0.2) is 0 Å². The van der Waals surface area contributed by atoms with Crippen LogP contribution in [-0.2, 0) is 27.6 Å². The SMILES string of the molecule is CCO[Si](CCS(=O)(=O)OCC)(OCC)OCC. The molecule has 18 heavy (non-hydrogen) atoms. The lowest BCUT2D eigenvalue weighted by Crippen LogP contribution is -2.47. The summed E-state index contributed by atoms with van der Waals surface area (Å²) < 4.78 is 44.4. The molecule has 0 atom stereocenters. The third kappa shape index (κ3) is 6.81. The Morgan fingerprint density at radius 1 is 0.833 bits per heavy atom. The minimum absolute atomic E-state index is 0.134. The average Bonchev–Trinajstić information content (AvgIpc) is 2.28. The first-order valence-electron chi connectivity index (χ1n) is 6.24. The molecule has 0 radical (unpaired) electrons. The van der Waals surface area contributed by atoms with Gasteiger partial charge in [-0.3, -0.25) is 4.18 Å². The topological polar surface area (TPSA) is 71.1 Å². The highest BCUT2D eigenvalue weighted by Gasteiger charge is 2.41. The summed E-state index contributed by atoms with van der Waals surface area (Å²) in [4.78, 5) is 0. The zero-order chi connectivity index (χ0) is 14.1. The van der Waals surface area contributed by atoms with E-state index in [1.807, 2.05) is 20.8 Å². The second-order valence-electron chi connectivity index (χ2n) is 3.40. The normalized spacial score (nSPS) is 12.9. The van der Waals surface area contributed by atoms with Crippen molar-refractivity contribution in [1.82, 2.24) is 0 Å². The molecule has 0 aromatic heterocycles. The molecule has 0 rings (SSSR count). The summed E-state index contributed by atoms with van der Waals surface area (Å²) >= 11 is 0. The summed E-state index contributed by atoms with van der Waals surface area (Å²) in [5.74, 6) is -0.146. The van der Waals surface area contributed by atoms with Crippen LogP contribution in [-0.4, -0.2) is 49.4 Å². The van der Waals surface area contributed by atoms with Gasteiger partial charge in [0, 0.05) is 25.9 Å². The largest absolute Gasteiger partial charge is 0.502 e. The third-order valence-electron chi connectivity index (χ3n) is 2.05. The molecular formula is C10H24O6SSi. The van der Waals surface area contributed by atoms with E-state index in [4.69, 9.17) is 13.3 Å². The van der Waals surface area contributed by atoms with Crippen LogP contribution in [0.25, 0.3) is 0 Å². The lowest BCUT2D eigenvalue weighted by atomic mass is 10.9. The predicted octanol–water partition coefficient (Wildman–Crippen LogP) is 1.40. The number of hydrogen-bond donors (Lipinski definition) is 0. The van der Waals surface area contributed by atoms with Gasteiger partial charge in [-0.15, -0.1) is 0 Å². The molecule has 0 aliphatic rings. The summed E-state index contributed by atoms with van der Waals surface area (Å²) in [6, 6.07) is 0.213. The summed E-state index contributed by atoms with van der Waals surface area (Å²) in [7, 11) is -6.42. The van der Waals surface area contributed by atoms with Gasteiger partial charge in [0.2, 0.25) is 0 Å². The van der Waals surface area contributed by atoms with Crippen LogP contribution in [0.5, 0.6) is 0 Å². The average molecular weight is 300 g/mol. The van der Waals surface area contributed by atoms with Gasteiger partial charge < -0.3 is 13.3 Å². The molecule has 110 valence electrons. The molecule has 0 amide bonds. The Hall–Kier alpha value is 0.00688. The summed E-state index contributed by atoms with van der Waals surface area (Å²) in [5.41, 5.74) is 0. The molecule has 0 aliphatic carbocycles. The lowest BCUT2D eigenvalue weighted by molar-refractivity contribution is 0.0725. The molecule has 0 unspecified atom stereocenters. The van der Waals surface area contributed by atoms with Crippen molar-refractivity contribution in [3.63, 3.8) is 0 Å². The molecule has 0 aliphatic heterocycles. The van der Waals surface area contributed by atoms with Crippen LogP contribution in [0.2, 0.25) is 6.04 Å². The molecular weight excluding hydrogens is 276 g/mol. The molecule has 0 fully saturated rings. The van der Waals surface area contributed by atoms with Crippen LogP contribution in [0.3, 0.4) is 0 Å². The number of rotatable bonds is 11. The Morgan fingerprint density at radius 3 is 1.61 bits per heavy atom. The Kier molecular flexibility index (Phi) is 9.00. The van der Waals surface area contributed by atoms with Gasteiger partial charge in [0.05, 0.1) is 12.4 Å². The van der Waals surface area contributed by atoms with E-state index in [2.05, 4.69) is 4.18 Å². The minimum Gasteiger partial charge on any atom is -0.374 e. The highest BCUT2D eigenvalue weighted by atomic mass is 32.2. The third-order valence-corrected chi connectivity index (χ3v) is 6.76. The summed E-state index contributed by atoms with van der Waals surface area (Å²) in [6.07, 6.45) is 0. The van der Waals surface area contributed by atoms with Gasteiger partial charge in [-0.25, -0.2) is 0 Å². The highest BCUT2D eigenvalue weighted by molar-refractivity contribution is 7.86. The van der Waals surface area contributed by atoms with Crippen molar-refractivity contribution in [3.8, 4) is 0 Å². The zero-order valence-corrected chi connectivity index (χ0v) is 13.4. The quantitative estimate of drug-likeness (QED) is 0.424. The van der Waals surface area contributed by atoms with Crippen LogP contribution in [0.1, 0.15) is 27.7 Å². The van der Waals surface area contributed by atoms with Crippen molar-refractivity contribution < 1.29 is 25.9 Å². The first kappa shape index (κ1) is 18.0. The van der Waals surface area contributed by atoms with Crippen LogP contribution in [0, 0.1) is 0 Å². The van der Waals surface area contributed by atoms with Gasteiger partial charge >= 0.3 is 8.80 Å². The van der Waals surface area contributed by atoms with Crippen molar-refractivity contribution in [2.45, 2.75) is 33.7 Å². The fourth-order valence-corrected chi connectivity index (χ4v) is 5.97. The highest BCUT2D eigenvalue weighted by Crippen LogP contribution is 2.17. The Bertz CT molecular complexity index is 288. The standard InChI is InChI=1S/C10H24O6SSi/c1-5-13-17(11,12)9-10-18(14-6-2,15-7-3)16-8-4/h5-10H2,1-4H3. The molecule has 0 heterocycles. The maximum Gasteiger partial charge on any atom is 0.502 e. The van der Waals surface area contributed by atoms with Gasteiger partial charge in [0.15, 0.2) is 0 Å². The Morgan fingerprint density at radius 2 is 1.28 bits per heavy atom. The second-order valence-corrected chi connectivity index (χ2v) is 7.89. The van der Waals surface area contributed by atoms with Crippen molar-refractivity contribution in [3.05, 3.63) is 0 Å². The van der Waals surface area contributed by atoms with Gasteiger partial charge in [0.25, 0.3) is 10.1 Å². The summed E-state index contributed by atoms with van der Waals surface area (Å²) in [5, 5.41) is 0. The van der Waals surface area contributed by atoms with Gasteiger partial charge in [0.1, 0.15) is 0 Å². The van der Waals surface area contributed by atoms with Crippen molar-refractivity contribution in [1.29, 1.82) is 0 Å². The maximum atomic E-state index is 11.5. The van der Waals surface area contributed by atoms with Crippen LogP contribution < -0.4 is 0 Å². The van der Waals surface area contributed by atoms with Gasteiger partial charge in [-0.2, -0.15) is 8.42 Å². The molecule has 0 spiro atoms. The van der Waals surface area contributed by atoms with E-state index in [0.717, 1.165) is 0 Å². The van der Waals surface area contributed by atoms with E-state index in [1.165, 1.54) is 0 Å². The molecule has 0 aromatic rings. The molecule has 6 nitrogen and oxygen atoms in total. The van der Waals surface area contributed by atoms with E-state index >= 15 is 0 Å². The molecule has 0 saturated carbocycles. The summed E-state index contributed by atoms with van der Waals surface area (Å²) in [6.45, 7) is 8.55. The maximum absolute atomic E-state index is 11.5. The first-order chi connectivity index (χ1) is 8.45. The molecule has 0 aromatic carbocycles. The lowest BCUT2D eigenvalue weighted by Gasteiger charge is -2.28. The fourth-order valence-electron chi connectivity index (χ4n) is 1.49. The van der Waals surface area contributed by atoms with Gasteiger partial charge in [-0.05, 0) is 27.7 Å². The van der Waals surface area contributed by atoms with E-state index in [1.54, 1.807) is 6.92 Å². The fraction of sp³-hybridized carbons (Fsp3) is 1.00. The van der Waals surface area contributed by atoms with Gasteiger partial charge in [-0.1, -0.05) is 0 Å². The zero-order valence-electron chi connectivity index (χ0n) is 11.6. The predicted molar refractivity (Wildman–Crippen MR) is 70.9 cm³/mol. The molecule has 0 bridgehead atoms. The smallest absolute Gasteiger partial charge is 0.374 e. The van der Waals surface area contributed by atoms with Crippen LogP contribution >= 0.6 is 0 Å². The van der Waals surface area contributed by atoms with Crippen molar-refractivity contribution >= 4 is 18.9 Å². The van der Waals surface area contributed by atoms with E-state index in [-0.39, 0.29) is 18.4 Å².